The molecule has 1 atom stereocenters. The molecule has 2 aromatic rings. The van der Waals surface area contributed by atoms with Gasteiger partial charge < -0.3 is 4.57 Å². The summed E-state index contributed by atoms with van der Waals surface area (Å²) in [5, 5.41) is 1.38. The van der Waals surface area contributed by atoms with Crippen LogP contribution in [0.1, 0.15) is 19.2 Å². The minimum Gasteiger partial charge on any atom is -0.328 e. The molecule has 19 heavy (non-hydrogen) atoms. The summed E-state index contributed by atoms with van der Waals surface area (Å²) in [5.74, 6) is 1.65. The molecule has 104 valence electrons. The highest BCUT2D eigenvalue weighted by molar-refractivity contribution is 7.99. The molecular weight excluding hydrogens is 299 g/mol. The molecule has 0 radical (unpaired) electrons. The molecule has 0 spiro atoms. The fourth-order valence-electron chi connectivity index (χ4n) is 2.11. The van der Waals surface area contributed by atoms with Crippen LogP contribution in [0, 0.1) is 0 Å². The van der Waals surface area contributed by atoms with Crippen molar-refractivity contribution in [1.29, 1.82) is 0 Å². The number of nitrogens with zero attached hydrogens (tertiary/aromatic N) is 2. The topological polar surface area (TPSA) is 17.8 Å². The molecule has 1 unspecified atom stereocenters. The van der Waals surface area contributed by atoms with Crippen molar-refractivity contribution in [3.63, 3.8) is 0 Å². The molecule has 0 fully saturated rings. The zero-order chi connectivity index (χ0) is 13.8. The van der Waals surface area contributed by atoms with Crippen molar-refractivity contribution in [3.8, 4) is 0 Å². The lowest BCUT2D eigenvalue weighted by Gasteiger charge is -2.12. The van der Waals surface area contributed by atoms with E-state index in [9.17, 15) is 0 Å². The van der Waals surface area contributed by atoms with E-state index in [1.54, 1.807) is 0 Å². The van der Waals surface area contributed by atoms with E-state index in [-0.39, 0.29) is 0 Å². The second-order valence-electron chi connectivity index (χ2n) is 4.59. The molecule has 2 nitrogen and oxygen atoms in total. The standard InChI is InChI=1S/C14H18Cl2N2S/c1-10(19-2)6-8-18-13-4-3-11(16)9-12(13)17-14(18)5-7-15/h3-4,9-10H,5-8H2,1-2H3. The van der Waals surface area contributed by atoms with Gasteiger partial charge in [-0.25, -0.2) is 4.98 Å². The van der Waals surface area contributed by atoms with Crippen LogP contribution in [0.5, 0.6) is 0 Å². The molecule has 0 bridgehead atoms. The Morgan fingerprint density at radius 2 is 2.21 bits per heavy atom. The van der Waals surface area contributed by atoms with E-state index < -0.39 is 0 Å². The van der Waals surface area contributed by atoms with Gasteiger partial charge in [0, 0.05) is 29.1 Å². The van der Waals surface area contributed by atoms with Crippen LogP contribution in [0.3, 0.4) is 0 Å². The fraction of sp³-hybridized carbons (Fsp3) is 0.500. The largest absolute Gasteiger partial charge is 0.328 e. The number of aromatic nitrogens is 2. The van der Waals surface area contributed by atoms with Gasteiger partial charge in [-0.2, -0.15) is 11.8 Å². The van der Waals surface area contributed by atoms with Crippen molar-refractivity contribution in [2.75, 3.05) is 12.1 Å². The van der Waals surface area contributed by atoms with E-state index in [0.717, 1.165) is 41.3 Å². The van der Waals surface area contributed by atoms with Gasteiger partial charge in [-0.15, -0.1) is 11.6 Å². The Morgan fingerprint density at radius 1 is 1.42 bits per heavy atom. The first-order valence-electron chi connectivity index (χ1n) is 6.39. The van der Waals surface area contributed by atoms with Gasteiger partial charge in [-0.05, 0) is 30.9 Å². The lowest BCUT2D eigenvalue weighted by atomic mass is 10.3. The van der Waals surface area contributed by atoms with Gasteiger partial charge in [0.05, 0.1) is 11.0 Å². The third kappa shape index (κ3) is 3.59. The molecule has 0 amide bonds. The molecule has 0 aliphatic carbocycles. The summed E-state index contributed by atoms with van der Waals surface area (Å²) in [7, 11) is 0. The molecule has 5 heteroatoms. The highest BCUT2D eigenvalue weighted by Gasteiger charge is 2.11. The Bertz CT molecular complexity index is 554. The highest BCUT2D eigenvalue weighted by Crippen LogP contribution is 2.22. The molecule has 0 saturated heterocycles. The van der Waals surface area contributed by atoms with E-state index in [4.69, 9.17) is 23.2 Å². The van der Waals surface area contributed by atoms with Crippen molar-refractivity contribution in [2.45, 2.75) is 31.6 Å². The zero-order valence-corrected chi connectivity index (χ0v) is 13.5. The van der Waals surface area contributed by atoms with Crippen molar-refractivity contribution in [2.24, 2.45) is 0 Å². The number of rotatable bonds is 6. The van der Waals surface area contributed by atoms with Gasteiger partial charge in [0.15, 0.2) is 0 Å². The summed E-state index contributed by atoms with van der Waals surface area (Å²) in [4.78, 5) is 4.65. The molecule has 0 aliphatic heterocycles. The quantitative estimate of drug-likeness (QED) is 0.724. The molecule has 2 rings (SSSR count). The van der Waals surface area contributed by atoms with Crippen molar-refractivity contribution >= 4 is 46.0 Å². The maximum Gasteiger partial charge on any atom is 0.111 e. The SMILES string of the molecule is CSC(C)CCn1c(CCCl)nc2cc(Cl)ccc21. The first kappa shape index (κ1) is 15.0. The van der Waals surface area contributed by atoms with Crippen LogP contribution in [0.25, 0.3) is 11.0 Å². The molecule has 0 saturated carbocycles. The summed E-state index contributed by atoms with van der Waals surface area (Å²) >= 11 is 13.8. The van der Waals surface area contributed by atoms with E-state index >= 15 is 0 Å². The molecule has 1 aromatic heterocycles. The number of imidazole rings is 1. The lowest BCUT2D eigenvalue weighted by Crippen LogP contribution is -2.08. The van der Waals surface area contributed by atoms with E-state index in [1.165, 1.54) is 0 Å². The number of hydrogen-bond donors (Lipinski definition) is 0. The van der Waals surface area contributed by atoms with Gasteiger partial charge in [0.2, 0.25) is 0 Å². The predicted octanol–water partition coefficient (Wildman–Crippen LogP) is 4.61. The summed E-state index contributed by atoms with van der Waals surface area (Å²) in [5.41, 5.74) is 2.11. The Balaban J connectivity index is 2.34. The summed E-state index contributed by atoms with van der Waals surface area (Å²) in [6.07, 6.45) is 4.07. The van der Waals surface area contributed by atoms with E-state index in [1.807, 2.05) is 30.0 Å². The van der Waals surface area contributed by atoms with Crippen molar-refractivity contribution < 1.29 is 0 Å². The van der Waals surface area contributed by atoms with Crippen LogP contribution in [0.2, 0.25) is 5.02 Å². The lowest BCUT2D eigenvalue weighted by molar-refractivity contribution is 0.628. The number of fused-ring (bicyclic) bond motifs is 1. The number of alkyl halides is 1. The summed E-state index contributed by atoms with van der Waals surface area (Å²) < 4.78 is 2.28. The van der Waals surface area contributed by atoms with Gasteiger partial charge in [-0.3, -0.25) is 0 Å². The number of hydrogen-bond acceptors (Lipinski definition) is 2. The maximum absolute atomic E-state index is 6.03. The van der Waals surface area contributed by atoms with Crippen molar-refractivity contribution in [1.82, 2.24) is 9.55 Å². The summed E-state index contributed by atoms with van der Waals surface area (Å²) in [6, 6.07) is 5.89. The van der Waals surface area contributed by atoms with Crippen LogP contribution in [-0.4, -0.2) is 26.9 Å². The smallest absolute Gasteiger partial charge is 0.111 e. The van der Waals surface area contributed by atoms with Gasteiger partial charge >= 0.3 is 0 Å². The first-order valence-corrected chi connectivity index (χ1v) is 8.59. The number of halogens is 2. The number of thioether (sulfide) groups is 1. The third-order valence-corrected chi connectivity index (χ3v) is 4.73. The van der Waals surface area contributed by atoms with Crippen LogP contribution in [0.4, 0.5) is 0 Å². The van der Waals surface area contributed by atoms with Crippen LogP contribution in [-0.2, 0) is 13.0 Å². The fourth-order valence-corrected chi connectivity index (χ4v) is 2.78. The Morgan fingerprint density at radius 3 is 2.89 bits per heavy atom. The van der Waals surface area contributed by atoms with E-state index in [2.05, 4.69) is 22.7 Å². The molecule has 0 N–H and O–H groups in total. The van der Waals surface area contributed by atoms with Crippen molar-refractivity contribution in [3.05, 3.63) is 29.0 Å². The van der Waals surface area contributed by atoms with Crippen LogP contribution < -0.4 is 0 Å². The minimum absolute atomic E-state index is 0.592. The normalized spacial score (nSPS) is 13.1. The van der Waals surface area contributed by atoms with Gasteiger partial charge in [-0.1, -0.05) is 18.5 Å². The second-order valence-corrected chi connectivity index (χ2v) is 6.68. The van der Waals surface area contributed by atoms with Gasteiger partial charge in [0.25, 0.3) is 0 Å². The molecule has 1 aromatic carbocycles. The maximum atomic E-state index is 6.03. The Hall–Kier alpha value is -0.380. The molecular formula is C14H18Cl2N2S. The molecule has 0 aliphatic rings. The highest BCUT2D eigenvalue weighted by atomic mass is 35.5. The van der Waals surface area contributed by atoms with Crippen LogP contribution >= 0.6 is 35.0 Å². The van der Waals surface area contributed by atoms with E-state index in [0.29, 0.717) is 11.1 Å². The predicted molar refractivity (Wildman–Crippen MR) is 86.8 cm³/mol. The number of benzene rings is 1. The third-order valence-electron chi connectivity index (χ3n) is 3.27. The average Bonchev–Trinajstić information content (AvgIpc) is 2.73. The molecule has 1 heterocycles. The van der Waals surface area contributed by atoms with Gasteiger partial charge in [0.1, 0.15) is 5.82 Å². The minimum atomic E-state index is 0.592. The Kier molecular flexibility index (Phi) is 5.43. The monoisotopic (exact) mass is 316 g/mol. The zero-order valence-electron chi connectivity index (χ0n) is 11.2. The first-order chi connectivity index (χ1) is 9.15. The summed E-state index contributed by atoms with van der Waals surface area (Å²) in [6.45, 7) is 3.23. The second kappa shape index (κ2) is 6.87. The van der Waals surface area contributed by atoms with Crippen LogP contribution in [0.15, 0.2) is 18.2 Å². The Labute approximate surface area is 128 Å². The average molecular weight is 317 g/mol. The number of aryl methyl sites for hydroxylation is 2.